The third-order valence-electron chi connectivity index (χ3n) is 5.58. The summed E-state index contributed by atoms with van der Waals surface area (Å²) in [5.74, 6) is 0. The van der Waals surface area contributed by atoms with Crippen molar-refractivity contribution in [1.82, 2.24) is 0 Å². The topological polar surface area (TPSA) is 24.7 Å². The van der Waals surface area contributed by atoms with E-state index in [2.05, 4.69) is 119 Å². The first-order valence-electron chi connectivity index (χ1n) is 11.1. The zero-order chi connectivity index (χ0) is 23.1. The molecule has 0 unspecified atom stereocenters. The smallest absolute Gasteiger partial charge is 0.0862 e. The molecule has 0 saturated carbocycles. The van der Waals surface area contributed by atoms with Gasteiger partial charge < -0.3 is 0 Å². The summed E-state index contributed by atoms with van der Waals surface area (Å²) in [6.45, 7) is 27.0. The van der Waals surface area contributed by atoms with E-state index in [1.807, 2.05) is 0 Å². The van der Waals surface area contributed by atoms with E-state index in [0.29, 0.717) is 0 Å². The maximum atomic E-state index is 4.70. The maximum Gasteiger partial charge on any atom is 0.0862 e. The second kappa shape index (κ2) is 7.94. The third kappa shape index (κ3) is 6.27. The average Bonchev–Trinajstić information content (AvgIpc) is 2.56. The van der Waals surface area contributed by atoms with Crippen molar-refractivity contribution < 1.29 is 0 Å². The zero-order valence-corrected chi connectivity index (χ0v) is 21.4. The first-order chi connectivity index (χ1) is 13.4. The third-order valence-corrected chi connectivity index (χ3v) is 5.58. The second-order valence-electron chi connectivity index (χ2n) is 12.7. The monoisotopic (exact) mass is 406 g/mol. The van der Waals surface area contributed by atoms with Crippen LogP contribution in [0.4, 0.5) is 11.4 Å². The van der Waals surface area contributed by atoms with Crippen LogP contribution in [0.1, 0.15) is 105 Å². The lowest BCUT2D eigenvalue weighted by Gasteiger charge is -2.25. The minimum atomic E-state index is 0.0666. The first-order valence-corrected chi connectivity index (χ1v) is 11.1. The van der Waals surface area contributed by atoms with Gasteiger partial charge in [-0.05, 0) is 68.2 Å². The minimum absolute atomic E-state index is 0.0666. The van der Waals surface area contributed by atoms with E-state index in [1.165, 1.54) is 22.3 Å². The first kappa shape index (κ1) is 24.3. The van der Waals surface area contributed by atoms with Crippen LogP contribution in [-0.2, 0) is 21.7 Å². The van der Waals surface area contributed by atoms with Gasteiger partial charge in [0.1, 0.15) is 0 Å². The van der Waals surface area contributed by atoms with Crippen LogP contribution in [0.3, 0.4) is 0 Å². The van der Waals surface area contributed by atoms with Crippen molar-refractivity contribution in [3.05, 3.63) is 58.7 Å². The van der Waals surface area contributed by atoms with Gasteiger partial charge in [-0.25, -0.2) is 0 Å². The van der Waals surface area contributed by atoms with Gasteiger partial charge in [0.2, 0.25) is 0 Å². The number of benzene rings is 2. The van der Waals surface area contributed by atoms with Crippen LogP contribution in [0, 0.1) is 0 Å². The molecule has 0 bridgehead atoms. The van der Waals surface area contributed by atoms with E-state index in [4.69, 9.17) is 10.2 Å². The summed E-state index contributed by atoms with van der Waals surface area (Å²) in [5.41, 5.74) is 7.29. The van der Waals surface area contributed by atoms with Gasteiger partial charge in [0.15, 0.2) is 0 Å². The van der Waals surface area contributed by atoms with Crippen LogP contribution in [0.25, 0.3) is 0 Å². The van der Waals surface area contributed by atoms with Crippen molar-refractivity contribution in [2.24, 2.45) is 10.2 Å². The molecule has 2 aromatic carbocycles. The van der Waals surface area contributed by atoms with E-state index < -0.39 is 0 Å². The number of hydrogen-bond donors (Lipinski definition) is 0. The van der Waals surface area contributed by atoms with Gasteiger partial charge in [0.05, 0.1) is 11.4 Å². The molecule has 2 heteroatoms. The van der Waals surface area contributed by atoms with Crippen molar-refractivity contribution in [2.75, 3.05) is 0 Å². The van der Waals surface area contributed by atoms with E-state index in [9.17, 15) is 0 Å². The Kier molecular flexibility index (Phi) is 6.44. The molecule has 2 aromatic rings. The molecule has 0 N–H and O–H groups in total. The zero-order valence-electron chi connectivity index (χ0n) is 21.4. The molecule has 0 amide bonds. The average molecular weight is 407 g/mol. The normalized spacial score (nSPS) is 13.9. The molecule has 0 aliphatic heterocycles. The van der Waals surface area contributed by atoms with E-state index >= 15 is 0 Å². The van der Waals surface area contributed by atoms with Gasteiger partial charge in [0.25, 0.3) is 0 Å². The van der Waals surface area contributed by atoms with Crippen LogP contribution in [0.5, 0.6) is 0 Å². The summed E-state index contributed by atoms with van der Waals surface area (Å²) in [5, 5.41) is 9.39. The highest BCUT2D eigenvalue weighted by atomic mass is 15.1. The van der Waals surface area contributed by atoms with Gasteiger partial charge in [-0.2, -0.15) is 10.2 Å². The number of azo groups is 1. The molecule has 0 aliphatic rings. The van der Waals surface area contributed by atoms with E-state index in [-0.39, 0.29) is 21.7 Å². The molecule has 2 nitrogen and oxygen atoms in total. The predicted molar refractivity (Wildman–Crippen MR) is 132 cm³/mol. The lowest BCUT2D eigenvalue weighted by Crippen LogP contribution is -2.16. The highest BCUT2D eigenvalue weighted by Gasteiger charge is 2.22. The molecular formula is C28H42N2. The SMILES string of the molecule is CC(C)(C)c1cc(/N=N/c2cc(C(C)(C)C)cc(C(C)(C)C)c2)cc(C(C)(C)C)c1. The molecule has 0 spiro atoms. The number of hydrogen-bond acceptors (Lipinski definition) is 2. The summed E-state index contributed by atoms with van der Waals surface area (Å²) in [6.07, 6.45) is 0. The molecule has 0 fully saturated rings. The van der Waals surface area contributed by atoms with Crippen LogP contribution in [0.2, 0.25) is 0 Å². The van der Waals surface area contributed by atoms with Crippen LogP contribution < -0.4 is 0 Å². The summed E-state index contributed by atoms with van der Waals surface area (Å²) < 4.78 is 0. The molecule has 0 aromatic heterocycles. The standard InChI is InChI=1S/C28H42N2/c1-25(2,3)19-13-20(26(4,5)6)16-23(15-19)29-30-24-17-21(27(7,8)9)14-22(18-24)28(10,11)12/h13-18H,1-12H3/b30-29+. The minimum Gasteiger partial charge on any atom is -0.151 e. The summed E-state index contributed by atoms with van der Waals surface area (Å²) in [6, 6.07) is 13.3. The number of rotatable bonds is 2. The molecule has 0 aliphatic carbocycles. The van der Waals surface area contributed by atoms with E-state index in [1.54, 1.807) is 0 Å². The maximum absolute atomic E-state index is 4.70. The Labute approximate surface area is 185 Å². The van der Waals surface area contributed by atoms with Crippen LogP contribution in [0.15, 0.2) is 46.6 Å². The van der Waals surface area contributed by atoms with Gasteiger partial charge in [0, 0.05) is 0 Å². The Balaban J connectivity index is 2.58. The van der Waals surface area contributed by atoms with Crippen molar-refractivity contribution >= 4 is 11.4 Å². The fourth-order valence-corrected chi connectivity index (χ4v) is 3.19. The Bertz CT molecular complexity index is 779. The van der Waals surface area contributed by atoms with Crippen molar-refractivity contribution in [3.8, 4) is 0 Å². The van der Waals surface area contributed by atoms with Crippen LogP contribution in [-0.4, -0.2) is 0 Å². The van der Waals surface area contributed by atoms with Crippen molar-refractivity contribution in [3.63, 3.8) is 0 Å². The lowest BCUT2D eigenvalue weighted by atomic mass is 9.80. The summed E-state index contributed by atoms with van der Waals surface area (Å²) in [7, 11) is 0. The quantitative estimate of drug-likeness (QED) is 0.444. The van der Waals surface area contributed by atoms with Gasteiger partial charge in [-0.1, -0.05) is 95.2 Å². The Hall–Kier alpha value is -1.96. The molecule has 0 atom stereocenters. The molecule has 2 rings (SSSR count). The highest BCUT2D eigenvalue weighted by Crippen LogP contribution is 2.36. The molecule has 164 valence electrons. The Morgan fingerprint density at radius 3 is 0.733 bits per heavy atom. The second-order valence-corrected chi connectivity index (χ2v) is 12.7. The molecular weight excluding hydrogens is 364 g/mol. The fraction of sp³-hybridized carbons (Fsp3) is 0.571. The molecule has 30 heavy (non-hydrogen) atoms. The van der Waals surface area contributed by atoms with Gasteiger partial charge >= 0.3 is 0 Å². The van der Waals surface area contributed by atoms with Gasteiger partial charge in [-0.3, -0.25) is 0 Å². The van der Waals surface area contributed by atoms with Crippen molar-refractivity contribution in [1.29, 1.82) is 0 Å². The molecule has 0 heterocycles. The van der Waals surface area contributed by atoms with Crippen molar-refractivity contribution in [2.45, 2.75) is 105 Å². The number of nitrogens with zero attached hydrogens (tertiary/aromatic N) is 2. The lowest BCUT2D eigenvalue weighted by molar-refractivity contribution is 0.567. The Morgan fingerprint density at radius 2 is 0.567 bits per heavy atom. The Morgan fingerprint density at radius 1 is 0.367 bits per heavy atom. The predicted octanol–water partition coefficient (Wildman–Crippen LogP) is 9.29. The summed E-state index contributed by atoms with van der Waals surface area (Å²) in [4.78, 5) is 0. The summed E-state index contributed by atoms with van der Waals surface area (Å²) >= 11 is 0. The van der Waals surface area contributed by atoms with E-state index in [0.717, 1.165) is 11.4 Å². The highest BCUT2D eigenvalue weighted by molar-refractivity contribution is 5.51. The molecule has 0 radical (unpaired) electrons. The molecule has 0 saturated heterocycles. The largest absolute Gasteiger partial charge is 0.151 e. The van der Waals surface area contributed by atoms with Crippen LogP contribution >= 0.6 is 0 Å². The van der Waals surface area contributed by atoms with Gasteiger partial charge in [-0.15, -0.1) is 0 Å². The fourth-order valence-electron chi connectivity index (χ4n) is 3.19.